The third kappa shape index (κ3) is 3.65. The fourth-order valence-corrected chi connectivity index (χ4v) is 3.50. The fourth-order valence-electron chi connectivity index (χ4n) is 3.31. The average molecular weight is 375 g/mol. The number of aromatic nitrogens is 2. The van der Waals surface area contributed by atoms with Crippen LogP contribution in [0.3, 0.4) is 0 Å². The van der Waals surface area contributed by atoms with Crippen molar-refractivity contribution < 1.29 is 5.11 Å². The Labute approximate surface area is 163 Å². The van der Waals surface area contributed by atoms with Gasteiger partial charge in [-0.2, -0.15) is 0 Å². The molecule has 0 bridgehead atoms. The second kappa shape index (κ2) is 7.39. The summed E-state index contributed by atoms with van der Waals surface area (Å²) >= 11 is 6.20. The van der Waals surface area contributed by atoms with Crippen LogP contribution in [-0.4, -0.2) is 14.7 Å². The van der Waals surface area contributed by atoms with E-state index in [9.17, 15) is 5.11 Å². The van der Waals surface area contributed by atoms with E-state index in [-0.39, 0.29) is 0 Å². The predicted molar refractivity (Wildman–Crippen MR) is 109 cm³/mol. The number of nitrogens with zero attached hydrogens (tertiary/aromatic N) is 2. The van der Waals surface area contributed by atoms with Crippen molar-refractivity contribution in [1.82, 2.24) is 9.55 Å². The molecule has 0 saturated heterocycles. The summed E-state index contributed by atoms with van der Waals surface area (Å²) in [5, 5.41) is 12.3. The minimum atomic E-state index is -1.22. The van der Waals surface area contributed by atoms with Crippen LogP contribution in [0, 0.1) is 0 Å². The van der Waals surface area contributed by atoms with Crippen molar-refractivity contribution >= 4 is 11.6 Å². The first-order valence-electron chi connectivity index (χ1n) is 8.75. The summed E-state index contributed by atoms with van der Waals surface area (Å²) in [7, 11) is 0. The van der Waals surface area contributed by atoms with Crippen molar-refractivity contribution in [2.75, 3.05) is 0 Å². The monoisotopic (exact) mass is 374 g/mol. The Morgan fingerprint density at radius 1 is 0.852 bits per heavy atom. The Bertz CT molecular complexity index is 1010. The molecule has 0 fully saturated rings. The van der Waals surface area contributed by atoms with Crippen LogP contribution < -0.4 is 0 Å². The van der Waals surface area contributed by atoms with E-state index in [0.717, 1.165) is 22.3 Å². The maximum absolute atomic E-state index is 11.7. The number of rotatable bonds is 5. The number of hydrogen-bond acceptors (Lipinski definition) is 2. The molecule has 1 atom stereocenters. The molecule has 1 unspecified atom stereocenters. The summed E-state index contributed by atoms with van der Waals surface area (Å²) in [6.45, 7) is 0.345. The van der Waals surface area contributed by atoms with Crippen molar-refractivity contribution in [2.24, 2.45) is 0 Å². The Morgan fingerprint density at radius 2 is 1.59 bits per heavy atom. The summed E-state index contributed by atoms with van der Waals surface area (Å²) in [6.07, 6.45) is 5.25. The molecule has 1 N–H and O–H groups in total. The normalized spacial score (nSPS) is 13.3. The van der Waals surface area contributed by atoms with Gasteiger partial charge in [0, 0.05) is 17.4 Å². The van der Waals surface area contributed by atoms with Gasteiger partial charge in [0.2, 0.25) is 0 Å². The molecule has 1 heterocycles. The standard InChI is InChI=1S/C23H19ClN2O/c24-22-8-4-7-21(15-22)23(27,16-26-14-13-25-17-26)20-11-9-19(10-12-20)18-5-2-1-3-6-18/h1-15,17,27H,16H2. The lowest BCUT2D eigenvalue weighted by Crippen LogP contribution is -2.32. The van der Waals surface area contributed by atoms with Crippen LogP contribution in [0.4, 0.5) is 0 Å². The van der Waals surface area contributed by atoms with Crippen molar-refractivity contribution in [3.63, 3.8) is 0 Å². The zero-order valence-corrected chi connectivity index (χ0v) is 15.4. The molecule has 0 amide bonds. The van der Waals surface area contributed by atoms with Gasteiger partial charge in [0.05, 0.1) is 12.9 Å². The lowest BCUT2D eigenvalue weighted by atomic mass is 9.85. The van der Waals surface area contributed by atoms with Gasteiger partial charge in [-0.25, -0.2) is 4.98 Å². The molecular weight excluding hydrogens is 356 g/mol. The Balaban J connectivity index is 1.76. The van der Waals surface area contributed by atoms with Gasteiger partial charge in [0.1, 0.15) is 5.60 Å². The van der Waals surface area contributed by atoms with Gasteiger partial charge in [-0.3, -0.25) is 0 Å². The van der Waals surface area contributed by atoms with E-state index in [1.807, 2.05) is 71.4 Å². The summed E-state index contributed by atoms with van der Waals surface area (Å²) in [5.74, 6) is 0. The Morgan fingerprint density at radius 3 is 2.26 bits per heavy atom. The van der Waals surface area contributed by atoms with E-state index in [4.69, 9.17) is 11.6 Å². The van der Waals surface area contributed by atoms with Crippen molar-refractivity contribution in [3.8, 4) is 11.1 Å². The van der Waals surface area contributed by atoms with Crippen molar-refractivity contribution in [2.45, 2.75) is 12.1 Å². The molecule has 4 rings (SSSR count). The highest BCUT2D eigenvalue weighted by Gasteiger charge is 2.32. The fraction of sp³-hybridized carbons (Fsp3) is 0.0870. The second-order valence-corrected chi connectivity index (χ2v) is 6.99. The summed E-state index contributed by atoms with van der Waals surface area (Å²) < 4.78 is 1.87. The highest BCUT2D eigenvalue weighted by Crippen LogP contribution is 2.34. The van der Waals surface area contributed by atoms with E-state index >= 15 is 0 Å². The summed E-state index contributed by atoms with van der Waals surface area (Å²) in [4.78, 5) is 4.09. The highest BCUT2D eigenvalue weighted by atomic mass is 35.5. The zero-order valence-electron chi connectivity index (χ0n) is 14.7. The van der Waals surface area contributed by atoms with E-state index < -0.39 is 5.60 Å². The van der Waals surface area contributed by atoms with E-state index in [0.29, 0.717) is 11.6 Å². The molecular formula is C23H19ClN2O. The Hall–Kier alpha value is -2.88. The third-order valence-corrected chi connectivity index (χ3v) is 4.98. The van der Waals surface area contributed by atoms with Crippen LogP contribution in [0.25, 0.3) is 11.1 Å². The SMILES string of the molecule is OC(Cn1ccnc1)(c1ccc(-c2ccccc2)cc1)c1cccc(Cl)c1. The van der Waals surface area contributed by atoms with Crippen LogP contribution in [0.2, 0.25) is 5.02 Å². The minimum Gasteiger partial charge on any atom is -0.378 e. The van der Waals surface area contributed by atoms with Gasteiger partial charge in [0.15, 0.2) is 0 Å². The van der Waals surface area contributed by atoms with Crippen LogP contribution in [0.15, 0.2) is 97.6 Å². The number of benzene rings is 3. The molecule has 0 aliphatic heterocycles. The van der Waals surface area contributed by atoms with Crippen LogP contribution in [-0.2, 0) is 12.1 Å². The zero-order chi connectivity index (χ0) is 18.7. The lowest BCUT2D eigenvalue weighted by molar-refractivity contribution is 0.0612. The molecule has 0 spiro atoms. The molecule has 0 saturated carbocycles. The highest BCUT2D eigenvalue weighted by molar-refractivity contribution is 6.30. The predicted octanol–water partition coefficient (Wildman–Crippen LogP) is 5.14. The van der Waals surface area contributed by atoms with E-state index in [2.05, 4.69) is 17.1 Å². The van der Waals surface area contributed by atoms with Crippen LogP contribution in [0.1, 0.15) is 11.1 Å². The number of aliphatic hydroxyl groups is 1. The third-order valence-electron chi connectivity index (χ3n) is 4.74. The van der Waals surface area contributed by atoms with Gasteiger partial charge >= 0.3 is 0 Å². The van der Waals surface area contributed by atoms with Crippen LogP contribution in [0.5, 0.6) is 0 Å². The van der Waals surface area contributed by atoms with Gasteiger partial charge in [-0.05, 0) is 34.4 Å². The molecule has 134 valence electrons. The first-order valence-corrected chi connectivity index (χ1v) is 9.13. The first kappa shape index (κ1) is 17.5. The summed E-state index contributed by atoms with van der Waals surface area (Å²) in [5.41, 5.74) is 2.58. The summed E-state index contributed by atoms with van der Waals surface area (Å²) in [6, 6.07) is 25.6. The van der Waals surface area contributed by atoms with Gasteiger partial charge < -0.3 is 9.67 Å². The topological polar surface area (TPSA) is 38.0 Å². The van der Waals surface area contributed by atoms with Gasteiger partial charge in [0.25, 0.3) is 0 Å². The number of imidazole rings is 1. The van der Waals surface area contributed by atoms with E-state index in [1.165, 1.54) is 0 Å². The van der Waals surface area contributed by atoms with Gasteiger partial charge in [-0.1, -0.05) is 78.3 Å². The van der Waals surface area contributed by atoms with Gasteiger partial charge in [-0.15, -0.1) is 0 Å². The molecule has 4 heteroatoms. The maximum atomic E-state index is 11.7. The van der Waals surface area contributed by atoms with Crippen molar-refractivity contribution in [3.05, 3.63) is 114 Å². The van der Waals surface area contributed by atoms with Crippen molar-refractivity contribution in [1.29, 1.82) is 0 Å². The largest absolute Gasteiger partial charge is 0.378 e. The number of hydrogen-bond donors (Lipinski definition) is 1. The molecule has 1 aromatic heterocycles. The van der Waals surface area contributed by atoms with Crippen LogP contribution >= 0.6 is 11.6 Å². The molecule has 4 aromatic rings. The lowest BCUT2D eigenvalue weighted by Gasteiger charge is -2.30. The quantitative estimate of drug-likeness (QED) is 0.525. The first-order chi connectivity index (χ1) is 13.1. The smallest absolute Gasteiger partial charge is 0.132 e. The number of halogens is 1. The molecule has 3 aromatic carbocycles. The minimum absolute atomic E-state index is 0.345. The molecule has 27 heavy (non-hydrogen) atoms. The second-order valence-electron chi connectivity index (χ2n) is 6.55. The maximum Gasteiger partial charge on any atom is 0.132 e. The molecule has 0 aliphatic carbocycles. The Kier molecular flexibility index (Phi) is 4.80. The molecule has 0 radical (unpaired) electrons. The average Bonchev–Trinajstić information content (AvgIpc) is 3.21. The molecule has 0 aliphatic rings. The molecule has 3 nitrogen and oxygen atoms in total. The van der Waals surface area contributed by atoms with E-state index in [1.54, 1.807) is 18.6 Å².